The zero-order chi connectivity index (χ0) is 26.5. The molecule has 1 aliphatic rings. The highest BCUT2D eigenvalue weighted by atomic mass is 16.5. The molecule has 4 N–H and O–H groups in total. The molecule has 2 atom stereocenters. The smallest absolute Gasteiger partial charge is 0.215 e. The molecule has 0 saturated carbocycles. The number of hydrogen-bond acceptors (Lipinski definition) is 9. The predicted octanol–water partition coefficient (Wildman–Crippen LogP) is 3.23. The Morgan fingerprint density at radius 3 is 2.37 bits per heavy atom. The van der Waals surface area contributed by atoms with Gasteiger partial charge in [-0.15, -0.1) is 0 Å². The number of aldehydes is 1. The zero-order valence-corrected chi connectivity index (χ0v) is 20.8. The molecule has 0 aromatic heterocycles. The summed E-state index contributed by atoms with van der Waals surface area (Å²) in [7, 11) is 6.00. The summed E-state index contributed by atoms with van der Waals surface area (Å²) in [5.41, 5.74) is 1.80. The summed E-state index contributed by atoms with van der Waals surface area (Å²) >= 11 is 0. The average Bonchev–Trinajstić information content (AvgIpc) is 2.85. The van der Waals surface area contributed by atoms with Crippen molar-refractivity contribution in [2.24, 2.45) is 0 Å². The van der Waals surface area contributed by atoms with E-state index in [-0.39, 0.29) is 28.7 Å². The van der Waals surface area contributed by atoms with E-state index in [4.69, 9.17) is 10.00 Å². The number of carbonyl (C=O) groups excluding carboxylic acids is 2. The van der Waals surface area contributed by atoms with Crippen LogP contribution in [0.25, 0.3) is 0 Å². The Balaban J connectivity index is 0.000000926. The van der Waals surface area contributed by atoms with E-state index in [1.165, 1.54) is 6.07 Å². The number of ketones is 1. The van der Waals surface area contributed by atoms with E-state index in [2.05, 4.69) is 17.2 Å². The number of benzene rings is 2. The second kappa shape index (κ2) is 14.4. The van der Waals surface area contributed by atoms with E-state index in [0.717, 1.165) is 11.3 Å². The highest BCUT2D eigenvalue weighted by Gasteiger charge is 2.39. The molecule has 9 heteroatoms. The summed E-state index contributed by atoms with van der Waals surface area (Å²) in [6, 6.07) is 12.1. The molecule has 3 rings (SSSR count). The quantitative estimate of drug-likeness (QED) is 0.314. The lowest BCUT2D eigenvalue weighted by Gasteiger charge is -2.33. The number of Topliss-reactive ketones (excluding diaryl/α,β-unsaturated/α-hetero) is 1. The first-order valence-electron chi connectivity index (χ1n) is 11.1. The Labute approximate surface area is 206 Å². The van der Waals surface area contributed by atoms with E-state index in [0.29, 0.717) is 25.0 Å². The van der Waals surface area contributed by atoms with Crippen molar-refractivity contribution in [1.29, 1.82) is 5.26 Å². The highest BCUT2D eigenvalue weighted by molar-refractivity contribution is 6.10. The third-order valence-corrected chi connectivity index (χ3v) is 4.80. The van der Waals surface area contributed by atoms with Crippen LogP contribution in [0.15, 0.2) is 53.9 Å². The van der Waals surface area contributed by atoms with Gasteiger partial charge in [0.15, 0.2) is 12.4 Å². The van der Waals surface area contributed by atoms with Crippen LogP contribution in [0, 0.1) is 11.8 Å². The standard InChI is InChI=1S/C22H24N2O5.C3H9N.CHN/c1-3-16(13-7-5-9-15(11-13)29-4-2)23-18-19(22(28)21(18)27)24-17-10-6-8-14(12-25)20(17)26;1-4(2)3;1-2/h5-12,16,21,23-24,26-27H,3-4H2,1-2H3;1-3H3;1H. The summed E-state index contributed by atoms with van der Waals surface area (Å²) in [6.45, 7) is 7.96. The highest BCUT2D eigenvalue weighted by Crippen LogP contribution is 2.33. The number of carbonyl (C=O) groups is 2. The summed E-state index contributed by atoms with van der Waals surface area (Å²) in [4.78, 5) is 25.2. The molecular weight excluding hydrogens is 448 g/mol. The maximum absolute atomic E-state index is 12.2. The number of nitriles is 1. The van der Waals surface area contributed by atoms with Crippen molar-refractivity contribution >= 4 is 17.8 Å². The number of hydrogen-bond donors (Lipinski definition) is 4. The minimum atomic E-state index is -1.27. The van der Waals surface area contributed by atoms with Crippen molar-refractivity contribution in [3.63, 3.8) is 0 Å². The number of para-hydroxylation sites is 1. The molecule has 9 nitrogen and oxygen atoms in total. The van der Waals surface area contributed by atoms with Crippen molar-refractivity contribution in [2.45, 2.75) is 32.4 Å². The van der Waals surface area contributed by atoms with Gasteiger partial charge in [0.2, 0.25) is 5.78 Å². The number of aromatic hydroxyl groups is 1. The number of nitrogens with zero attached hydrogens (tertiary/aromatic N) is 2. The van der Waals surface area contributed by atoms with Crippen LogP contribution in [0.4, 0.5) is 5.69 Å². The average molecular weight is 483 g/mol. The first kappa shape index (κ1) is 29.2. The summed E-state index contributed by atoms with van der Waals surface area (Å²) in [5, 5.41) is 32.9. The van der Waals surface area contributed by atoms with Gasteiger partial charge >= 0.3 is 0 Å². The fourth-order valence-corrected chi connectivity index (χ4v) is 3.23. The third kappa shape index (κ3) is 7.84. The summed E-state index contributed by atoms with van der Waals surface area (Å²) < 4.78 is 5.55. The van der Waals surface area contributed by atoms with Crippen molar-refractivity contribution in [3.05, 3.63) is 65.0 Å². The van der Waals surface area contributed by atoms with Gasteiger partial charge in [0.1, 0.15) is 17.2 Å². The lowest BCUT2D eigenvalue weighted by Crippen LogP contribution is -2.46. The number of rotatable bonds is 9. The van der Waals surface area contributed by atoms with Crippen LogP contribution in [0.1, 0.15) is 42.2 Å². The number of ether oxygens (including phenoxy) is 1. The lowest BCUT2D eigenvalue weighted by atomic mass is 9.92. The van der Waals surface area contributed by atoms with Crippen molar-refractivity contribution in [3.8, 4) is 18.1 Å². The van der Waals surface area contributed by atoms with Crippen LogP contribution >= 0.6 is 0 Å². The van der Waals surface area contributed by atoms with Gasteiger partial charge < -0.3 is 30.5 Å². The number of anilines is 1. The number of nitrogens with one attached hydrogen (secondary N) is 2. The Bertz CT molecular complexity index is 1050. The minimum Gasteiger partial charge on any atom is -0.505 e. The Kier molecular flexibility index (Phi) is 12.0. The maximum Gasteiger partial charge on any atom is 0.215 e. The van der Waals surface area contributed by atoms with Gasteiger partial charge in [0, 0.05) is 6.57 Å². The van der Waals surface area contributed by atoms with Gasteiger partial charge in [-0.1, -0.05) is 25.1 Å². The first-order chi connectivity index (χ1) is 16.7. The number of phenolic OH excluding ortho intramolecular Hbond substituents is 1. The van der Waals surface area contributed by atoms with E-state index in [1.807, 2.05) is 64.2 Å². The molecule has 0 fully saturated rings. The first-order valence-corrected chi connectivity index (χ1v) is 11.1. The second-order valence-corrected chi connectivity index (χ2v) is 7.99. The molecule has 0 amide bonds. The lowest BCUT2D eigenvalue weighted by molar-refractivity contribution is -0.124. The van der Waals surface area contributed by atoms with Crippen LogP contribution in [-0.2, 0) is 4.79 Å². The molecule has 188 valence electrons. The van der Waals surface area contributed by atoms with Crippen LogP contribution in [0.2, 0.25) is 0 Å². The molecule has 2 aromatic carbocycles. The van der Waals surface area contributed by atoms with Crippen LogP contribution < -0.4 is 15.4 Å². The Morgan fingerprint density at radius 2 is 1.80 bits per heavy atom. The molecule has 0 heterocycles. The Hall–Kier alpha value is -3.87. The Morgan fingerprint density at radius 1 is 1.17 bits per heavy atom. The van der Waals surface area contributed by atoms with Gasteiger partial charge in [0.05, 0.1) is 29.6 Å². The number of aliphatic hydroxyl groups excluding tert-OH is 1. The molecule has 0 aliphatic heterocycles. The molecule has 1 aliphatic carbocycles. The van der Waals surface area contributed by atoms with Gasteiger partial charge in [-0.25, -0.2) is 5.26 Å². The van der Waals surface area contributed by atoms with Crippen LogP contribution in [0.3, 0.4) is 0 Å². The van der Waals surface area contributed by atoms with Crippen molar-refractivity contribution < 1.29 is 24.5 Å². The van der Waals surface area contributed by atoms with Crippen molar-refractivity contribution in [2.75, 3.05) is 33.1 Å². The molecule has 0 spiro atoms. The van der Waals surface area contributed by atoms with Crippen LogP contribution in [-0.4, -0.2) is 61.0 Å². The molecule has 0 bridgehead atoms. The largest absolute Gasteiger partial charge is 0.505 e. The molecule has 0 radical (unpaired) electrons. The molecular formula is C26H34N4O5. The summed E-state index contributed by atoms with van der Waals surface area (Å²) in [6.07, 6.45) is -0.0265. The van der Waals surface area contributed by atoms with E-state index in [9.17, 15) is 19.8 Å². The molecule has 2 unspecified atom stereocenters. The van der Waals surface area contributed by atoms with Gasteiger partial charge in [-0.2, -0.15) is 0 Å². The van der Waals surface area contributed by atoms with Crippen molar-refractivity contribution in [1.82, 2.24) is 10.2 Å². The molecule has 0 saturated heterocycles. The van der Waals surface area contributed by atoms with Crippen LogP contribution in [0.5, 0.6) is 11.5 Å². The molecule has 35 heavy (non-hydrogen) atoms. The van der Waals surface area contributed by atoms with Gasteiger partial charge in [-0.3, -0.25) is 9.59 Å². The fraction of sp³-hybridized carbons (Fsp3) is 0.346. The topological polar surface area (TPSA) is 135 Å². The normalized spacial score (nSPS) is 15.0. The van der Waals surface area contributed by atoms with Gasteiger partial charge in [-0.05, 0) is 64.3 Å². The zero-order valence-electron chi connectivity index (χ0n) is 20.8. The predicted molar refractivity (Wildman–Crippen MR) is 135 cm³/mol. The fourth-order valence-electron chi connectivity index (χ4n) is 3.23. The van der Waals surface area contributed by atoms with E-state index >= 15 is 0 Å². The van der Waals surface area contributed by atoms with E-state index in [1.54, 1.807) is 12.1 Å². The van der Waals surface area contributed by atoms with E-state index < -0.39 is 11.9 Å². The molecule has 2 aromatic rings. The SMILES string of the molecule is C#N.CCOc1cccc(C(CC)NC2=C(Nc3cccc(C=O)c3O)C(=O)C2O)c1.CN(C)C. The number of phenols is 1. The number of aliphatic hydroxyl groups is 1. The monoisotopic (exact) mass is 482 g/mol. The third-order valence-electron chi connectivity index (χ3n) is 4.80. The minimum absolute atomic E-state index is 0.108. The van der Waals surface area contributed by atoms with Gasteiger partial charge in [0.25, 0.3) is 0 Å². The summed E-state index contributed by atoms with van der Waals surface area (Å²) in [5.74, 6) is 0.0136. The second-order valence-electron chi connectivity index (χ2n) is 7.99. The maximum atomic E-state index is 12.2.